The van der Waals surface area contributed by atoms with Crippen molar-refractivity contribution < 1.29 is 0 Å². The van der Waals surface area contributed by atoms with Gasteiger partial charge in [-0.3, -0.25) is 0 Å². The van der Waals surface area contributed by atoms with Gasteiger partial charge in [0.05, 0.1) is 0 Å². The lowest BCUT2D eigenvalue weighted by Crippen LogP contribution is -1.98. The Morgan fingerprint density at radius 2 is 1.33 bits per heavy atom. The molecule has 2 nitrogen and oxygen atoms in total. The van der Waals surface area contributed by atoms with Gasteiger partial charge >= 0.3 is 0 Å². The van der Waals surface area contributed by atoms with Crippen LogP contribution < -0.4 is 10.6 Å². The largest absolute Gasteiger partial charge is 0.388 e. The van der Waals surface area contributed by atoms with Crippen LogP contribution >= 0.6 is 0 Å². The summed E-state index contributed by atoms with van der Waals surface area (Å²) in [6, 6.07) is 4.30. The fraction of sp³-hybridized carbons (Fsp3) is 0.400. The van der Waals surface area contributed by atoms with Gasteiger partial charge in [0, 0.05) is 25.5 Å². The summed E-state index contributed by atoms with van der Waals surface area (Å²) < 4.78 is 0. The number of hydrogen-bond donors (Lipinski definition) is 2. The van der Waals surface area contributed by atoms with Crippen LogP contribution in [-0.2, 0) is 0 Å². The summed E-state index contributed by atoms with van der Waals surface area (Å²) in [5.41, 5.74) is 4.93. The third-order valence-corrected chi connectivity index (χ3v) is 2.09. The van der Waals surface area contributed by atoms with E-state index in [9.17, 15) is 0 Å². The minimum atomic E-state index is 1.19. The molecule has 0 spiro atoms. The Labute approximate surface area is 74.0 Å². The molecule has 1 aromatic rings. The van der Waals surface area contributed by atoms with E-state index in [1.807, 2.05) is 14.1 Å². The lowest BCUT2D eigenvalue weighted by molar-refractivity contribution is 1.33. The molecule has 2 N–H and O–H groups in total. The quantitative estimate of drug-likeness (QED) is 0.701. The van der Waals surface area contributed by atoms with Gasteiger partial charge in [-0.05, 0) is 37.1 Å². The van der Waals surface area contributed by atoms with Gasteiger partial charge in [-0.2, -0.15) is 0 Å². The van der Waals surface area contributed by atoms with Gasteiger partial charge in [-0.15, -0.1) is 0 Å². The highest BCUT2D eigenvalue weighted by atomic mass is 14.9. The molecule has 0 saturated carbocycles. The molecule has 0 aliphatic heterocycles. The molecule has 0 aromatic heterocycles. The van der Waals surface area contributed by atoms with E-state index in [1.165, 1.54) is 22.5 Å². The van der Waals surface area contributed by atoms with Crippen LogP contribution in [0.1, 0.15) is 11.1 Å². The van der Waals surface area contributed by atoms with Crippen LogP contribution in [0.2, 0.25) is 0 Å². The second-order valence-electron chi connectivity index (χ2n) is 2.99. The number of aryl methyl sites for hydroxylation is 1. The average Bonchev–Trinajstić information content (AvgIpc) is 2.08. The van der Waals surface area contributed by atoms with Crippen molar-refractivity contribution in [1.82, 2.24) is 0 Å². The maximum Gasteiger partial charge on any atom is 0.0390 e. The lowest BCUT2D eigenvalue weighted by atomic mass is 10.1. The van der Waals surface area contributed by atoms with Crippen molar-refractivity contribution in [3.05, 3.63) is 23.3 Å². The van der Waals surface area contributed by atoms with Crippen LogP contribution in [0, 0.1) is 13.8 Å². The second kappa shape index (κ2) is 3.48. The number of anilines is 2. The predicted molar refractivity (Wildman–Crippen MR) is 55.0 cm³/mol. The zero-order valence-electron chi connectivity index (χ0n) is 8.15. The van der Waals surface area contributed by atoms with E-state index < -0.39 is 0 Å². The predicted octanol–water partition coefficient (Wildman–Crippen LogP) is 2.39. The molecule has 12 heavy (non-hydrogen) atoms. The van der Waals surface area contributed by atoms with Gasteiger partial charge in [0.25, 0.3) is 0 Å². The fourth-order valence-corrected chi connectivity index (χ4v) is 1.38. The van der Waals surface area contributed by atoms with E-state index in [2.05, 4.69) is 36.6 Å². The zero-order chi connectivity index (χ0) is 9.14. The van der Waals surface area contributed by atoms with Crippen LogP contribution in [0.25, 0.3) is 0 Å². The van der Waals surface area contributed by atoms with E-state index in [4.69, 9.17) is 0 Å². The minimum absolute atomic E-state index is 1.19. The highest BCUT2D eigenvalue weighted by molar-refractivity contribution is 5.66. The lowest BCUT2D eigenvalue weighted by Gasteiger charge is -2.11. The highest BCUT2D eigenvalue weighted by Crippen LogP contribution is 2.24. The third-order valence-electron chi connectivity index (χ3n) is 2.09. The molecule has 1 aromatic carbocycles. The van der Waals surface area contributed by atoms with E-state index in [0.717, 1.165) is 0 Å². The van der Waals surface area contributed by atoms with E-state index in [1.54, 1.807) is 0 Å². The smallest absolute Gasteiger partial charge is 0.0390 e. The van der Waals surface area contributed by atoms with Crippen LogP contribution in [0.15, 0.2) is 12.1 Å². The maximum absolute atomic E-state index is 3.17. The number of benzene rings is 1. The Hall–Kier alpha value is -1.18. The van der Waals surface area contributed by atoms with Crippen molar-refractivity contribution in [2.75, 3.05) is 24.7 Å². The van der Waals surface area contributed by atoms with Gasteiger partial charge in [0.1, 0.15) is 0 Å². The highest BCUT2D eigenvalue weighted by Gasteiger charge is 2.01. The zero-order valence-corrected chi connectivity index (χ0v) is 8.15. The third kappa shape index (κ3) is 1.52. The van der Waals surface area contributed by atoms with Crippen LogP contribution in [0.4, 0.5) is 11.4 Å². The molecule has 0 heterocycles. The first-order valence-corrected chi connectivity index (χ1v) is 4.15. The van der Waals surface area contributed by atoms with E-state index >= 15 is 0 Å². The Kier molecular flexibility index (Phi) is 2.58. The van der Waals surface area contributed by atoms with Gasteiger partial charge < -0.3 is 10.6 Å². The van der Waals surface area contributed by atoms with Crippen molar-refractivity contribution in [1.29, 1.82) is 0 Å². The maximum atomic E-state index is 3.17. The SMILES string of the molecule is CNc1cc(C)cc(NC)c1C. The fourth-order valence-electron chi connectivity index (χ4n) is 1.38. The molecule has 2 heteroatoms. The molecule has 0 saturated heterocycles. The Bertz CT molecular complexity index is 254. The number of hydrogen-bond acceptors (Lipinski definition) is 2. The molecular formula is C10H16N2. The molecule has 66 valence electrons. The summed E-state index contributed by atoms with van der Waals surface area (Å²) in [7, 11) is 3.89. The molecule has 0 aliphatic carbocycles. The normalized spacial score (nSPS) is 9.67. The Morgan fingerprint density at radius 1 is 0.917 bits per heavy atom. The summed E-state index contributed by atoms with van der Waals surface area (Å²) in [5.74, 6) is 0. The molecule has 0 bridgehead atoms. The summed E-state index contributed by atoms with van der Waals surface area (Å²) in [6.45, 7) is 4.21. The summed E-state index contributed by atoms with van der Waals surface area (Å²) in [5, 5.41) is 6.34. The topological polar surface area (TPSA) is 24.1 Å². The Balaban J connectivity index is 3.22. The van der Waals surface area contributed by atoms with Crippen molar-refractivity contribution in [2.45, 2.75) is 13.8 Å². The van der Waals surface area contributed by atoms with Crippen molar-refractivity contribution in [3.8, 4) is 0 Å². The molecule has 0 unspecified atom stereocenters. The van der Waals surface area contributed by atoms with Crippen molar-refractivity contribution in [3.63, 3.8) is 0 Å². The number of rotatable bonds is 2. The monoisotopic (exact) mass is 164 g/mol. The first-order chi connectivity index (χ1) is 5.69. The standard InChI is InChI=1S/C10H16N2/c1-7-5-9(11-3)8(2)10(6-7)12-4/h5-6,11-12H,1-4H3. The second-order valence-corrected chi connectivity index (χ2v) is 2.99. The molecule has 0 amide bonds. The Morgan fingerprint density at radius 3 is 1.67 bits per heavy atom. The molecule has 0 atom stereocenters. The average molecular weight is 164 g/mol. The summed E-state index contributed by atoms with van der Waals surface area (Å²) in [4.78, 5) is 0. The minimum Gasteiger partial charge on any atom is -0.388 e. The first-order valence-electron chi connectivity index (χ1n) is 4.15. The van der Waals surface area contributed by atoms with E-state index in [-0.39, 0.29) is 0 Å². The van der Waals surface area contributed by atoms with Gasteiger partial charge in [0.15, 0.2) is 0 Å². The van der Waals surface area contributed by atoms with Gasteiger partial charge in [-0.25, -0.2) is 0 Å². The van der Waals surface area contributed by atoms with Crippen LogP contribution in [-0.4, -0.2) is 14.1 Å². The van der Waals surface area contributed by atoms with Crippen LogP contribution in [0.5, 0.6) is 0 Å². The van der Waals surface area contributed by atoms with Crippen molar-refractivity contribution in [2.24, 2.45) is 0 Å². The molecule has 0 fully saturated rings. The van der Waals surface area contributed by atoms with Gasteiger partial charge in [-0.1, -0.05) is 0 Å². The summed E-state index contributed by atoms with van der Waals surface area (Å²) in [6.07, 6.45) is 0. The van der Waals surface area contributed by atoms with Crippen LogP contribution in [0.3, 0.4) is 0 Å². The first kappa shape index (κ1) is 8.91. The van der Waals surface area contributed by atoms with Gasteiger partial charge in [0.2, 0.25) is 0 Å². The van der Waals surface area contributed by atoms with Crippen molar-refractivity contribution >= 4 is 11.4 Å². The molecule has 0 aliphatic rings. The molecule has 0 radical (unpaired) electrons. The number of nitrogens with one attached hydrogen (secondary N) is 2. The van der Waals surface area contributed by atoms with E-state index in [0.29, 0.717) is 0 Å². The molecule has 1 rings (SSSR count). The molecular weight excluding hydrogens is 148 g/mol. The summed E-state index contributed by atoms with van der Waals surface area (Å²) >= 11 is 0.